The number of hydrogen-bond donors (Lipinski definition) is 1. The maximum Gasteiger partial charge on any atom is 0.255 e. The van der Waals surface area contributed by atoms with Crippen molar-refractivity contribution in [1.29, 1.82) is 0 Å². The molecule has 1 aromatic heterocycles. The van der Waals surface area contributed by atoms with E-state index in [2.05, 4.69) is 10.4 Å². The van der Waals surface area contributed by atoms with E-state index in [1.807, 2.05) is 54.6 Å². The van der Waals surface area contributed by atoms with E-state index in [1.54, 1.807) is 18.0 Å². The molecular weight excluding hydrogens is 390 g/mol. The van der Waals surface area contributed by atoms with Gasteiger partial charge in [-0.1, -0.05) is 18.2 Å². The highest BCUT2D eigenvalue weighted by molar-refractivity contribution is 7.90. The van der Waals surface area contributed by atoms with E-state index in [1.165, 1.54) is 6.26 Å². The lowest BCUT2D eigenvalue weighted by molar-refractivity contribution is 0.0954. The van der Waals surface area contributed by atoms with Gasteiger partial charge in [-0.15, -0.1) is 0 Å². The summed E-state index contributed by atoms with van der Waals surface area (Å²) in [6.07, 6.45) is 3.22. The molecule has 0 radical (unpaired) electrons. The maximum absolute atomic E-state index is 12.8. The van der Waals surface area contributed by atoms with E-state index in [9.17, 15) is 13.2 Å². The van der Waals surface area contributed by atoms with Crippen LogP contribution in [0, 0.1) is 0 Å². The first-order valence-electron chi connectivity index (χ1n) is 9.13. The number of benzene rings is 2. The predicted molar refractivity (Wildman–Crippen MR) is 112 cm³/mol. The van der Waals surface area contributed by atoms with Crippen molar-refractivity contribution in [2.75, 3.05) is 25.7 Å². The van der Waals surface area contributed by atoms with Gasteiger partial charge in [0, 0.05) is 24.6 Å². The Morgan fingerprint density at radius 3 is 2.41 bits per heavy atom. The van der Waals surface area contributed by atoms with E-state index in [4.69, 9.17) is 4.74 Å². The Morgan fingerprint density at radius 1 is 1.10 bits per heavy atom. The Kier molecular flexibility index (Phi) is 6.33. The van der Waals surface area contributed by atoms with Crippen LogP contribution in [0.5, 0.6) is 5.75 Å². The molecule has 2 aromatic carbocycles. The largest absolute Gasteiger partial charge is 0.497 e. The fraction of sp³-hybridized carbons (Fsp3) is 0.238. The molecule has 1 heterocycles. The van der Waals surface area contributed by atoms with Crippen molar-refractivity contribution >= 4 is 15.7 Å². The summed E-state index contributed by atoms with van der Waals surface area (Å²) in [4.78, 5) is 12.8. The van der Waals surface area contributed by atoms with Crippen LogP contribution in [0.4, 0.5) is 0 Å². The van der Waals surface area contributed by atoms with Crippen LogP contribution in [0.2, 0.25) is 0 Å². The molecule has 0 saturated carbocycles. The van der Waals surface area contributed by atoms with Gasteiger partial charge in [-0.25, -0.2) is 13.1 Å². The van der Waals surface area contributed by atoms with E-state index in [0.29, 0.717) is 23.4 Å². The zero-order valence-electron chi connectivity index (χ0n) is 16.3. The molecule has 0 bridgehead atoms. The Bertz CT molecular complexity index is 1070. The van der Waals surface area contributed by atoms with Crippen LogP contribution in [0.1, 0.15) is 16.8 Å². The molecule has 8 heteroatoms. The predicted octanol–water partition coefficient (Wildman–Crippen LogP) is 2.71. The van der Waals surface area contributed by atoms with Crippen molar-refractivity contribution in [3.05, 3.63) is 66.4 Å². The van der Waals surface area contributed by atoms with Crippen LogP contribution in [-0.2, 0) is 9.84 Å². The number of methoxy groups -OCH3 is 1. The van der Waals surface area contributed by atoms with Crippen molar-refractivity contribution in [1.82, 2.24) is 15.1 Å². The van der Waals surface area contributed by atoms with Gasteiger partial charge < -0.3 is 10.1 Å². The highest BCUT2D eigenvalue weighted by Crippen LogP contribution is 2.25. The van der Waals surface area contributed by atoms with Gasteiger partial charge in [-0.2, -0.15) is 5.10 Å². The Morgan fingerprint density at radius 2 is 1.79 bits per heavy atom. The van der Waals surface area contributed by atoms with Crippen molar-refractivity contribution in [3.63, 3.8) is 0 Å². The number of aromatic nitrogens is 2. The number of nitrogens with zero attached hydrogens (tertiary/aromatic N) is 2. The summed E-state index contributed by atoms with van der Waals surface area (Å²) in [7, 11) is -1.46. The third kappa shape index (κ3) is 5.45. The quantitative estimate of drug-likeness (QED) is 0.574. The SMILES string of the molecule is COc1ccc(-c2nn(-c3ccccc3)cc2C(=O)NCCCS(C)(=O)=O)cc1. The summed E-state index contributed by atoms with van der Waals surface area (Å²) >= 11 is 0. The van der Waals surface area contributed by atoms with Gasteiger partial charge >= 0.3 is 0 Å². The first kappa shape index (κ1) is 20.6. The minimum Gasteiger partial charge on any atom is -0.497 e. The number of para-hydroxylation sites is 1. The number of sulfone groups is 1. The molecule has 0 aliphatic carbocycles. The molecule has 3 aromatic rings. The molecule has 29 heavy (non-hydrogen) atoms. The van der Waals surface area contributed by atoms with Crippen molar-refractivity contribution in [3.8, 4) is 22.7 Å². The standard InChI is InChI=1S/C21H23N3O4S/c1-28-18-11-9-16(10-12-18)20-19(21(25)22-13-6-14-29(2,26)27)15-24(23-20)17-7-4-3-5-8-17/h3-5,7-12,15H,6,13-14H2,1-2H3,(H,22,25). The lowest BCUT2D eigenvalue weighted by atomic mass is 10.1. The molecule has 3 rings (SSSR count). The van der Waals surface area contributed by atoms with E-state index < -0.39 is 9.84 Å². The fourth-order valence-electron chi connectivity index (χ4n) is 2.85. The number of carbonyl (C=O) groups is 1. The highest BCUT2D eigenvalue weighted by atomic mass is 32.2. The second kappa shape index (κ2) is 8.91. The third-order valence-electron chi connectivity index (χ3n) is 4.32. The molecule has 7 nitrogen and oxygen atoms in total. The zero-order chi connectivity index (χ0) is 20.9. The maximum atomic E-state index is 12.8. The number of rotatable bonds is 8. The Hall–Kier alpha value is -3.13. The van der Waals surface area contributed by atoms with Crippen molar-refractivity contribution in [2.24, 2.45) is 0 Å². The van der Waals surface area contributed by atoms with Crippen LogP contribution in [0.25, 0.3) is 16.9 Å². The van der Waals surface area contributed by atoms with Crippen molar-refractivity contribution < 1.29 is 17.9 Å². The van der Waals surface area contributed by atoms with Crippen LogP contribution < -0.4 is 10.1 Å². The molecule has 1 N–H and O–H groups in total. The summed E-state index contributed by atoms with van der Waals surface area (Å²) in [6, 6.07) is 16.8. The number of nitrogens with one attached hydrogen (secondary N) is 1. The summed E-state index contributed by atoms with van der Waals surface area (Å²) in [5, 5.41) is 7.40. The number of carbonyl (C=O) groups excluding carboxylic acids is 1. The third-order valence-corrected chi connectivity index (χ3v) is 5.35. The number of amides is 1. The normalized spacial score (nSPS) is 11.2. The smallest absolute Gasteiger partial charge is 0.255 e. The second-order valence-electron chi connectivity index (χ2n) is 6.64. The summed E-state index contributed by atoms with van der Waals surface area (Å²) in [5.41, 5.74) is 2.57. The lowest BCUT2D eigenvalue weighted by Gasteiger charge is -2.06. The molecule has 0 aliphatic rings. The summed E-state index contributed by atoms with van der Waals surface area (Å²) < 4.78 is 29.4. The minimum atomic E-state index is -3.06. The molecule has 0 fully saturated rings. The van der Waals surface area contributed by atoms with Gasteiger partial charge in [0.05, 0.1) is 24.1 Å². The molecule has 0 unspecified atom stereocenters. The first-order valence-corrected chi connectivity index (χ1v) is 11.2. The van der Waals surface area contributed by atoms with Gasteiger partial charge in [0.1, 0.15) is 21.3 Å². The first-order chi connectivity index (χ1) is 13.9. The molecule has 0 spiro atoms. The Balaban J connectivity index is 1.89. The molecular formula is C21H23N3O4S. The summed E-state index contributed by atoms with van der Waals surface area (Å²) in [6.45, 7) is 0.268. The molecule has 0 atom stereocenters. The Labute approximate surface area is 170 Å². The molecule has 152 valence electrons. The van der Waals surface area contributed by atoms with Gasteiger partial charge in [0.2, 0.25) is 0 Å². The second-order valence-corrected chi connectivity index (χ2v) is 8.90. The van der Waals surface area contributed by atoms with E-state index >= 15 is 0 Å². The van der Waals surface area contributed by atoms with Gasteiger partial charge in [0.15, 0.2) is 0 Å². The van der Waals surface area contributed by atoms with Crippen LogP contribution >= 0.6 is 0 Å². The molecule has 0 saturated heterocycles. The average molecular weight is 413 g/mol. The van der Waals surface area contributed by atoms with Crippen LogP contribution in [0.3, 0.4) is 0 Å². The topological polar surface area (TPSA) is 90.3 Å². The minimum absolute atomic E-state index is 0.0297. The average Bonchev–Trinajstić information content (AvgIpc) is 3.17. The highest BCUT2D eigenvalue weighted by Gasteiger charge is 2.18. The molecule has 1 amide bonds. The van der Waals surface area contributed by atoms with E-state index in [0.717, 1.165) is 11.3 Å². The van der Waals surface area contributed by atoms with Gasteiger partial charge in [-0.05, 0) is 42.8 Å². The lowest BCUT2D eigenvalue weighted by Crippen LogP contribution is -2.26. The van der Waals surface area contributed by atoms with Crippen molar-refractivity contribution in [2.45, 2.75) is 6.42 Å². The van der Waals surface area contributed by atoms with E-state index in [-0.39, 0.29) is 18.2 Å². The summed E-state index contributed by atoms with van der Waals surface area (Å²) in [5.74, 6) is 0.441. The molecule has 0 aliphatic heterocycles. The van der Waals surface area contributed by atoms with Gasteiger partial charge in [-0.3, -0.25) is 4.79 Å². The number of hydrogen-bond acceptors (Lipinski definition) is 5. The van der Waals surface area contributed by atoms with Crippen LogP contribution in [-0.4, -0.2) is 49.8 Å². The number of ether oxygens (including phenoxy) is 1. The zero-order valence-corrected chi connectivity index (χ0v) is 17.1. The monoisotopic (exact) mass is 413 g/mol. The van der Waals surface area contributed by atoms with Crippen LogP contribution in [0.15, 0.2) is 60.8 Å². The fourth-order valence-corrected chi connectivity index (χ4v) is 3.52. The van der Waals surface area contributed by atoms with Gasteiger partial charge in [0.25, 0.3) is 5.91 Å².